The molecule has 1 aliphatic rings. The van der Waals surface area contributed by atoms with Crippen LogP contribution in [-0.2, 0) is 17.9 Å². The van der Waals surface area contributed by atoms with Gasteiger partial charge in [0.25, 0.3) is 0 Å². The van der Waals surface area contributed by atoms with Gasteiger partial charge in [0.1, 0.15) is 17.0 Å². The number of nitrogens with one attached hydrogen (secondary N) is 1. The van der Waals surface area contributed by atoms with Crippen LogP contribution in [0, 0.1) is 0 Å². The lowest BCUT2D eigenvalue weighted by molar-refractivity contribution is -0.126. The molecule has 1 aromatic carbocycles. The third kappa shape index (κ3) is 4.22. The maximum absolute atomic E-state index is 12.6. The Kier molecular flexibility index (Phi) is 6.11. The molecule has 6 nitrogen and oxygen atoms in total. The van der Waals surface area contributed by atoms with Gasteiger partial charge in [-0.3, -0.25) is 4.79 Å². The van der Waals surface area contributed by atoms with Crippen LogP contribution in [0.15, 0.2) is 48.8 Å². The third-order valence-electron chi connectivity index (χ3n) is 5.32. The molecule has 1 atom stereocenters. The zero-order valence-electron chi connectivity index (χ0n) is 17.6. The number of carbonyl (C=O) groups excluding carboxylic acids is 1. The highest BCUT2D eigenvalue weighted by atomic mass is 32.1. The van der Waals surface area contributed by atoms with E-state index in [1.165, 1.54) is 16.0 Å². The van der Waals surface area contributed by atoms with Crippen LogP contribution >= 0.6 is 11.3 Å². The van der Waals surface area contributed by atoms with Crippen LogP contribution in [0.3, 0.4) is 0 Å². The zero-order chi connectivity index (χ0) is 21.1. The third-order valence-corrected chi connectivity index (χ3v) is 6.44. The van der Waals surface area contributed by atoms with Gasteiger partial charge < -0.3 is 15.1 Å². The first kappa shape index (κ1) is 20.5. The van der Waals surface area contributed by atoms with Crippen molar-refractivity contribution in [3.63, 3.8) is 0 Å². The summed E-state index contributed by atoms with van der Waals surface area (Å²) < 4.78 is 0. The van der Waals surface area contributed by atoms with Crippen LogP contribution in [0.1, 0.15) is 35.4 Å². The summed E-state index contributed by atoms with van der Waals surface area (Å²) >= 11 is 1.66. The molecule has 0 fully saturated rings. The molecule has 156 valence electrons. The summed E-state index contributed by atoms with van der Waals surface area (Å²) in [6.07, 6.45) is 6.16. The number of hydrogen-bond acceptors (Lipinski definition) is 6. The van der Waals surface area contributed by atoms with Crippen LogP contribution in [0.25, 0.3) is 10.2 Å². The Morgan fingerprint density at radius 1 is 1.27 bits per heavy atom. The first-order chi connectivity index (χ1) is 14.6. The van der Waals surface area contributed by atoms with Gasteiger partial charge in [-0.2, -0.15) is 0 Å². The lowest BCUT2D eigenvalue weighted by Gasteiger charge is -2.19. The summed E-state index contributed by atoms with van der Waals surface area (Å²) in [4.78, 5) is 27.8. The van der Waals surface area contributed by atoms with Crippen LogP contribution in [0.2, 0.25) is 0 Å². The molecule has 3 aromatic rings. The van der Waals surface area contributed by atoms with E-state index in [4.69, 9.17) is 0 Å². The smallest absolute Gasteiger partial charge is 0.246 e. The van der Waals surface area contributed by atoms with E-state index in [0.29, 0.717) is 13.1 Å². The molecular formula is C23H27N5OS. The van der Waals surface area contributed by atoms with E-state index in [0.717, 1.165) is 29.0 Å². The molecule has 1 aliphatic heterocycles. The normalized spacial score (nSPS) is 14.6. The number of amides is 1. The minimum atomic E-state index is 0.0514. The summed E-state index contributed by atoms with van der Waals surface area (Å²) in [6, 6.07) is 10.6. The van der Waals surface area contributed by atoms with E-state index in [-0.39, 0.29) is 11.9 Å². The molecule has 0 spiro atoms. The van der Waals surface area contributed by atoms with Crippen molar-refractivity contribution in [2.75, 3.05) is 26.0 Å². The Morgan fingerprint density at radius 3 is 2.80 bits per heavy atom. The number of anilines is 1. The van der Waals surface area contributed by atoms with Crippen molar-refractivity contribution in [3.8, 4) is 0 Å². The Bertz CT molecular complexity index is 1060. The highest BCUT2D eigenvalue weighted by Crippen LogP contribution is 2.40. The first-order valence-corrected chi connectivity index (χ1v) is 11.0. The molecule has 0 unspecified atom stereocenters. The lowest BCUT2D eigenvalue weighted by Crippen LogP contribution is -2.23. The Balaban J connectivity index is 1.58. The van der Waals surface area contributed by atoms with E-state index in [1.807, 2.05) is 36.0 Å². The fourth-order valence-electron chi connectivity index (χ4n) is 3.76. The standard InChI is InChI=1S/C23H27N5OS/c1-4-18(16-9-6-5-7-10-16)26-22-21-17-13-28(20(29)11-8-12-27(2)3)14-19(17)30-23(21)25-15-24-22/h5-11,15,18H,4,12-14H2,1-3H3,(H,24,25,26)/b11-8+/t18-/m1/s1. The fraction of sp³-hybridized carbons (Fsp3) is 0.348. The molecule has 1 N–H and O–H groups in total. The molecular weight excluding hydrogens is 394 g/mol. The summed E-state index contributed by atoms with van der Waals surface area (Å²) in [7, 11) is 3.98. The van der Waals surface area contributed by atoms with E-state index < -0.39 is 0 Å². The van der Waals surface area contributed by atoms with Crippen molar-refractivity contribution >= 4 is 33.3 Å². The van der Waals surface area contributed by atoms with E-state index >= 15 is 0 Å². The SMILES string of the molecule is CC[C@@H](Nc1ncnc2sc3c(c12)CN(C(=O)/C=C/CN(C)C)C3)c1ccccc1. The number of carbonyl (C=O) groups is 1. The summed E-state index contributed by atoms with van der Waals surface area (Å²) in [5.74, 6) is 0.904. The van der Waals surface area contributed by atoms with Crippen molar-refractivity contribution in [1.29, 1.82) is 0 Å². The van der Waals surface area contributed by atoms with Gasteiger partial charge in [0.05, 0.1) is 18.0 Å². The second-order valence-electron chi connectivity index (χ2n) is 7.78. The van der Waals surface area contributed by atoms with Gasteiger partial charge in [0.15, 0.2) is 0 Å². The topological polar surface area (TPSA) is 61.4 Å². The lowest BCUT2D eigenvalue weighted by atomic mass is 10.0. The largest absolute Gasteiger partial charge is 0.363 e. The van der Waals surface area contributed by atoms with Gasteiger partial charge in [-0.25, -0.2) is 9.97 Å². The van der Waals surface area contributed by atoms with Crippen LogP contribution < -0.4 is 5.32 Å². The Morgan fingerprint density at radius 2 is 2.07 bits per heavy atom. The van der Waals surface area contributed by atoms with E-state index in [9.17, 15) is 4.79 Å². The quantitative estimate of drug-likeness (QED) is 0.579. The minimum Gasteiger partial charge on any atom is -0.363 e. The van der Waals surface area contributed by atoms with Crippen LogP contribution in [0.5, 0.6) is 0 Å². The maximum atomic E-state index is 12.6. The molecule has 1 amide bonds. The van der Waals surface area contributed by atoms with Gasteiger partial charge in [-0.1, -0.05) is 43.3 Å². The van der Waals surface area contributed by atoms with E-state index in [1.54, 1.807) is 23.7 Å². The molecule has 7 heteroatoms. The van der Waals surface area contributed by atoms with Crippen LogP contribution in [-0.4, -0.2) is 46.3 Å². The van der Waals surface area contributed by atoms with Crippen LogP contribution in [0.4, 0.5) is 5.82 Å². The van der Waals surface area contributed by atoms with Gasteiger partial charge in [0.2, 0.25) is 5.91 Å². The van der Waals surface area contributed by atoms with Gasteiger partial charge >= 0.3 is 0 Å². The number of thiophene rings is 1. The zero-order valence-corrected chi connectivity index (χ0v) is 18.4. The van der Waals surface area contributed by atoms with Gasteiger partial charge in [0, 0.05) is 29.6 Å². The molecule has 0 aliphatic carbocycles. The average Bonchev–Trinajstić information content (AvgIpc) is 3.30. The second-order valence-corrected chi connectivity index (χ2v) is 8.86. The van der Waals surface area contributed by atoms with Crippen molar-refractivity contribution < 1.29 is 4.79 Å². The number of hydrogen-bond donors (Lipinski definition) is 1. The van der Waals surface area contributed by atoms with Crippen molar-refractivity contribution in [3.05, 3.63) is 64.8 Å². The number of likely N-dealkylation sites (N-methyl/N-ethyl adjacent to an activating group) is 1. The average molecular weight is 422 g/mol. The number of fused-ring (bicyclic) bond motifs is 3. The second kappa shape index (κ2) is 8.93. The fourth-order valence-corrected chi connectivity index (χ4v) is 4.92. The van der Waals surface area contributed by atoms with Crippen molar-refractivity contribution in [1.82, 2.24) is 19.8 Å². The molecule has 0 saturated heterocycles. The Hall–Kier alpha value is -2.77. The summed E-state index contributed by atoms with van der Waals surface area (Å²) in [6.45, 7) is 4.16. The summed E-state index contributed by atoms with van der Waals surface area (Å²) in [5.41, 5.74) is 2.41. The predicted molar refractivity (Wildman–Crippen MR) is 122 cm³/mol. The number of benzene rings is 1. The van der Waals surface area contributed by atoms with Crippen molar-refractivity contribution in [2.45, 2.75) is 32.5 Å². The Labute approximate surface area is 181 Å². The molecule has 0 radical (unpaired) electrons. The first-order valence-electron chi connectivity index (χ1n) is 10.2. The maximum Gasteiger partial charge on any atom is 0.246 e. The monoisotopic (exact) mass is 421 g/mol. The molecule has 2 aromatic heterocycles. The molecule has 3 heterocycles. The predicted octanol–water partition coefficient (Wildman–Crippen LogP) is 4.21. The minimum absolute atomic E-state index is 0.0514. The molecule has 0 bridgehead atoms. The number of aromatic nitrogens is 2. The molecule has 30 heavy (non-hydrogen) atoms. The number of nitrogens with zero attached hydrogens (tertiary/aromatic N) is 4. The van der Waals surface area contributed by atoms with Gasteiger partial charge in [-0.15, -0.1) is 11.3 Å². The van der Waals surface area contributed by atoms with Crippen molar-refractivity contribution in [2.24, 2.45) is 0 Å². The number of rotatable bonds is 7. The highest BCUT2D eigenvalue weighted by molar-refractivity contribution is 7.19. The molecule has 4 rings (SSSR count). The van der Waals surface area contributed by atoms with E-state index in [2.05, 4.69) is 46.5 Å². The van der Waals surface area contributed by atoms with Gasteiger partial charge in [-0.05, 0) is 26.1 Å². The highest BCUT2D eigenvalue weighted by Gasteiger charge is 2.28. The molecule has 0 saturated carbocycles. The summed E-state index contributed by atoms with van der Waals surface area (Å²) in [5, 5.41) is 4.68.